The third-order valence-electron chi connectivity index (χ3n) is 4.16. The van der Waals surface area contributed by atoms with Gasteiger partial charge in [0.1, 0.15) is 11.9 Å². The number of hydrogen-bond donors (Lipinski definition) is 2. The minimum Gasteiger partial charge on any atom is -0.491 e. The summed E-state index contributed by atoms with van der Waals surface area (Å²) in [4.78, 5) is 12.7. The van der Waals surface area contributed by atoms with Crippen LogP contribution in [0.4, 0.5) is 5.69 Å². The second-order valence-corrected chi connectivity index (χ2v) is 7.13. The molecule has 1 atom stereocenters. The fraction of sp³-hybridized carbons (Fsp3) is 0.174. The molecule has 0 bridgehead atoms. The van der Waals surface area contributed by atoms with Gasteiger partial charge in [0.25, 0.3) is 5.91 Å². The molecular formula is C23H22ClNO3. The van der Waals surface area contributed by atoms with Crippen molar-refractivity contribution < 1.29 is 14.6 Å². The summed E-state index contributed by atoms with van der Waals surface area (Å²) in [5, 5.41) is 14.1. The van der Waals surface area contributed by atoms with Gasteiger partial charge in [-0.2, -0.15) is 0 Å². The second-order valence-electron chi connectivity index (χ2n) is 6.69. The number of benzene rings is 3. The minimum absolute atomic E-state index is 0.0655. The Kier molecular flexibility index (Phi) is 6.34. The summed E-state index contributed by atoms with van der Waals surface area (Å²) in [6, 6.07) is 21.2. The zero-order chi connectivity index (χ0) is 20.1. The molecule has 1 unspecified atom stereocenters. The molecule has 0 aliphatic carbocycles. The molecule has 0 aromatic heterocycles. The number of rotatable bonds is 6. The van der Waals surface area contributed by atoms with Crippen LogP contribution in [0.25, 0.3) is 0 Å². The molecule has 3 rings (SSSR count). The lowest BCUT2D eigenvalue weighted by Crippen LogP contribution is -2.15. The van der Waals surface area contributed by atoms with Gasteiger partial charge < -0.3 is 15.2 Å². The zero-order valence-corrected chi connectivity index (χ0v) is 16.5. The fourth-order valence-corrected chi connectivity index (χ4v) is 3.02. The highest BCUT2D eigenvalue weighted by Gasteiger charge is 2.17. The number of carbonyl (C=O) groups is 1. The molecule has 0 spiro atoms. The fourth-order valence-electron chi connectivity index (χ4n) is 2.84. The van der Waals surface area contributed by atoms with Crippen molar-refractivity contribution in [3.63, 3.8) is 0 Å². The predicted octanol–water partition coefficient (Wildman–Crippen LogP) is 5.46. The number of nitrogens with one attached hydrogen (secondary N) is 1. The maximum absolute atomic E-state index is 12.7. The molecular weight excluding hydrogens is 374 g/mol. The second kappa shape index (κ2) is 8.91. The molecule has 0 aliphatic heterocycles. The number of aliphatic hydroxyl groups is 1. The Labute approximate surface area is 169 Å². The van der Waals surface area contributed by atoms with Gasteiger partial charge >= 0.3 is 0 Å². The molecule has 3 aromatic rings. The smallest absolute Gasteiger partial charge is 0.255 e. The highest BCUT2D eigenvalue weighted by Crippen LogP contribution is 2.31. The largest absolute Gasteiger partial charge is 0.491 e. The van der Waals surface area contributed by atoms with Crippen molar-refractivity contribution in [1.29, 1.82) is 0 Å². The molecule has 3 aromatic carbocycles. The monoisotopic (exact) mass is 395 g/mol. The lowest BCUT2D eigenvalue weighted by atomic mass is 9.99. The molecule has 4 nitrogen and oxygen atoms in total. The minimum atomic E-state index is -0.906. The Hall–Kier alpha value is -2.82. The molecule has 1 amide bonds. The first kappa shape index (κ1) is 19.9. The van der Waals surface area contributed by atoms with Gasteiger partial charge in [0.05, 0.1) is 6.10 Å². The molecule has 144 valence electrons. The van der Waals surface area contributed by atoms with E-state index in [1.807, 2.05) is 44.2 Å². The summed E-state index contributed by atoms with van der Waals surface area (Å²) in [7, 11) is 0. The maximum atomic E-state index is 12.7. The molecule has 0 saturated carbocycles. The number of ether oxygens (including phenoxy) is 1. The first-order valence-electron chi connectivity index (χ1n) is 9.04. The summed E-state index contributed by atoms with van der Waals surface area (Å²) >= 11 is 6.12. The van der Waals surface area contributed by atoms with E-state index >= 15 is 0 Å². The normalized spacial score (nSPS) is 11.9. The van der Waals surface area contributed by atoms with Crippen LogP contribution in [0.3, 0.4) is 0 Å². The molecule has 0 radical (unpaired) electrons. The van der Waals surface area contributed by atoms with E-state index in [0.29, 0.717) is 27.6 Å². The van der Waals surface area contributed by atoms with Gasteiger partial charge in [0.2, 0.25) is 0 Å². The van der Waals surface area contributed by atoms with E-state index in [1.54, 1.807) is 42.5 Å². The van der Waals surface area contributed by atoms with Gasteiger partial charge in [0, 0.05) is 21.8 Å². The van der Waals surface area contributed by atoms with Crippen LogP contribution in [0.2, 0.25) is 5.02 Å². The number of aliphatic hydroxyl groups excluding tert-OH is 1. The molecule has 0 heterocycles. The molecule has 0 saturated heterocycles. The van der Waals surface area contributed by atoms with Gasteiger partial charge in [0.15, 0.2) is 0 Å². The van der Waals surface area contributed by atoms with Crippen molar-refractivity contribution in [2.75, 3.05) is 5.32 Å². The van der Waals surface area contributed by atoms with Crippen LogP contribution in [0, 0.1) is 0 Å². The Bertz CT molecular complexity index is 940. The number of halogens is 1. The summed E-state index contributed by atoms with van der Waals surface area (Å²) in [6.07, 6.45) is -0.840. The first-order valence-corrected chi connectivity index (χ1v) is 9.42. The number of hydrogen-bond acceptors (Lipinski definition) is 3. The SMILES string of the molecule is CC(C)Oc1ccc(C(=O)Nc2ccc(Cl)cc2C(O)c2ccccc2)cc1. The third kappa shape index (κ3) is 4.91. The number of amides is 1. The van der Waals surface area contributed by atoms with Crippen molar-refractivity contribution >= 4 is 23.2 Å². The van der Waals surface area contributed by atoms with E-state index in [0.717, 1.165) is 5.56 Å². The Morgan fingerprint density at radius 2 is 1.68 bits per heavy atom. The van der Waals surface area contributed by atoms with E-state index in [-0.39, 0.29) is 12.0 Å². The maximum Gasteiger partial charge on any atom is 0.255 e. The van der Waals surface area contributed by atoms with Crippen molar-refractivity contribution in [2.45, 2.75) is 26.1 Å². The van der Waals surface area contributed by atoms with Crippen LogP contribution in [-0.2, 0) is 0 Å². The highest BCUT2D eigenvalue weighted by atomic mass is 35.5. The van der Waals surface area contributed by atoms with Crippen LogP contribution in [0.15, 0.2) is 72.8 Å². The topological polar surface area (TPSA) is 58.6 Å². The molecule has 28 heavy (non-hydrogen) atoms. The van der Waals surface area contributed by atoms with Crippen LogP contribution >= 0.6 is 11.6 Å². The van der Waals surface area contributed by atoms with E-state index in [9.17, 15) is 9.90 Å². The van der Waals surface area contributed by atoms with Crippen molar-refractivity contribution in [2.24, 2.45) is 0 Å². The van der Waals surface area contributed by atoms with Crippen molar-refractivity contribution in [3.8, 4) is 5.75 Å². The standard InChI is InChI=1S/C23H22ClNO3/c1-15(2)28-19-11-8-17(9-12-19)23(27)25-21-13-10-18(24)14-20(21)22(26)16-6-4-3-5-7-16/h3-15,22,26H,1-2H3,(H,25,27). The number of carbonyl (C=O) groups excluding carboxylic acids is 1. The van der Waals surface area contributed by atoms with E-state index in [2.05, 4.69) is 5.32 Å². The van der Waals surface area contributed by atoms with Gasteiger partial charge in [-0.1, -0.05) is 41.9 Å². The molecule has 2 N–H and O–H groups in total. The van der Waals surface area contributed by atoms with E-state index in [1.165, 1.54) is 0 Å². The Morgan fingerprint density at radius 3 is 2.32 bits per heavy atom. The Balaban J connectivity index is 1.83. The Morgan fingerprint density at radius 1 is 1.00 bits per heavy atom. The summed E-state index contributed by atoms with van der Waals surface area (Å²) in [5.74, 6) is 0.429. The van der Waals surface area contributed by atoms with Gasteiger partial charge in [-0.3, -0.25) is 4.79 Å². The van der Waals surface area contributed by atoms with Gasteiger partial charge in [-0.15, -0.1) is 0 Å². The van der Waals surface area contributed by atoms with Crippen molar-refractivity contribution in [1.82, 2.24) is 0 Å². The van der Waals surface area contributed by atoms with Gasteiger partial charge in [-0.25, -0.2) is 0 Å². The third-order valence-corrected chi connectivity index (χ3v) is 4.40. The first-order chi connectivity index (χ1) is 13.4. The summed E-state index contributed by atoms with van der Waals surface area (Å²) < 4.78 is 5.60. The van der Waals surface area contributed by atoms with Gasteiger partial charge in [-0.05, 0) is 61.9 Å². The molecule has 0 aliphatic rings. The van der Waals surface area contributed by atoms with Crippen LogP contribution in [0.1, 0.15) is 41.4 Å². The van der Waals surface area contributed by atoms with Crippen LogP contribution in [-0.4, -0.2) is 17.1 Å². The predicted molar refractivity (Wildman–Crippen MR) is 112 cm³/mol. The molecule has 5 heteroatoms. The highest BCUT2D eigenvalue weighted by molar-refractivity contribution is 6.30. The van der Waals surface area contributed by atoms with E-state index in [4.69, 9.17) is 16.3 Å². The average molecular weight is 396 g/mol. The lowest BCUT2D eigenvalue weighted by molar-refractivity contribution is 0.102. The number of anilines is 1. The average Bonchev–Trinajstić information content (AvgIpc) is 2.69. The zero-order valence-electron chi connectivity index (χ0n) is 15.7. The van der Waals surface area contributed by atoms with Crippen LogP contribution < -0.4 is 10.1 Å². The quantitative estimate of drug-likeness (QED) is 0.582. The lowest BCUT2D eigenvalue weighted by Gasteiger charge is -2.17. The molecule has 0 fully saturated rings. The van der Waals surface area contributed by atoms with E-state index < -0.39 is 6.10 Å². The summed E-state index contributed by atoms with van der Waals surface area (Å²) in [5.41, 5.74) is 2.25. The van der Waals surface area contributed by atoms with Crippen molar-refractivity contribution in [3.05, 3.63) is 94.5 Å². The van der Waals surface area contributed by atoms with Crippen LogP contribution in [0.5, 0.6) is 5.75 Å². The summed E-state index contributed by atoms with van der Waals surface area (Å²) in [6.45, 7) is 3.89.